The Kier molecular flexibility index (Phi) is 6.23. The summed E-state index contributed by atoms with van der Waals surface area (Å²) in [7, 11) is -3.52. The Labute approximate surface area is 159 Å². The number of rotatable bonds is 6. The standard InChI is InChI=1S/C20H23FN2O3S/c21-18-10-8-16(9-11-18)14-22-20(24)13-17-5-4-12-23(15-17)27(25,26)19-6-2-1-3-7-19/h1-3,6-11,17H,4-5,12-15H2,(H,22,24). The fourth-order valence-corrected chi connectivity index (χ4v) is 4.87. The van der Waals surface area contributed by atoms with Crippen LogP contribution in [0.15, 0.2) is 59.5 Å². The van der Waals surface area contributed by atoms with Crippen LogP contribution in [0.25, 0.3) is 0 Å². The van der Waals surface area contributed by atoms with Gasteiger partial charge in [0.15, 0.2) is 0 Å². The van der Waals surface area contributed by atoms with Crippen LogP contribution < -0.4 is 5.32 Å². The van der Waals surface area contributed by atoms with E-state index in [1.54, 1.807) is 42.5 Å². The quantitative estimate of drug-likeness (QED) is 0.825. The lowest BCUT2D eigenvalue weighted by Crippen LogP contribution is -2.41. The first kappa shape index (κ1) is 19.5. The van der Waals surface area contributed by atoms with Crippen LogP contribution in [0.4, 0.5) is 4.39 Å². The van der Waals surface area contributed by atoms with Crippen molar-refractivity contribution in [1.29, 1.82) is 0 Å². The van der Waals surface area contributed by atoms with Gasteiger partial charge >= 0.3 is 0 Å². The van der Waals surface area contributed by atoms with Crippen molar-refractivity contribution >= 4 is 15.9 Å². The summed E-state index contributed by atoms with van der Waals surface area (Å²) in [6.45, 7) is 1.16. The molecule has 1 unspecified atom stereocenters. The van der Waals surface area contributed by atoms with Gasteiger partial charge in [-0.1, -0.05) is 30.3 Å². The summed E-state index contributed by atoms with van der Waals surface area (Å²) in [6, 6.07) is 14.3. The molecule has 2 aromatic carbocycles. The number of carbonyl (C=O) groups excluding carboxylic acids is 1. The van der Waals surface area contributed by atoms with Crippen LogP contribution >= 0.6 is 0 Å². The topological polar surface area (TPSA) is 66.5 Å². The van der Waals surface area contributed by atoms with Gasteiger partial charge in [0.25, 0.3) is 0 Å². The van der Waals surface area contributed by atoms with Crippen molar-refractivity contribution < 1.29 is 17.6 Å². The van der Waals surface area contributed by atoms with Gasteiger partial charge in [0, 0.05) is 26.1 Å². The van der Waals surface area contributed by atoms with Gasteiger partial charge in [-0.3, -0.25) is 4.79 Å². The molecule has 1 fully saturated rings. The maximum absolute atomic E-state index is 12.9. The average Bonchev–Trinajstić information content (AvgIpc) is 2.68. The van der Waals surface area contributed by atoms with Crippen molar-refractivity contribution in [2.24, 2.45) is 5.92 Å². The minimum absolute atomic E-state index is 0.00884. The Balaban J connectivity index is 1.55. The molecule has 0 saturated carbocycles. The number of hydrogen-bond donors (Lipinski definition) is 1. The highest BCUT2D eigenvalue weighted by Gasteiger charge is 2.30. The summed E-state index contributed by atoms with van der Waals surface area (Å²) in [5.41, 5.74) is 0.821. The van der Waals surface area contributed by atoms with Gasteiger partial charge in [0.2, 0.25) is 15.9 Å². The number of hydrogen-bond acceptors (Lipinski definition) is 3. The molecule has 1 atom stereocenters. The number of carbonyl (C=O) groups is 1. The highest BCUT2D eigenvalue weighted by Crippen LogP contribution is 2.25. The Morgan fingerprint density at radius 1 is 1.11 bits per heavy atom. The van der Waals surface area contributed by atoms with Crippen LogP contribution in [-0.4, -0.2) is 31.7 Å². The SMILES string of the molecule is O=C(CC1CCCN(S(=O)(=O)c2ccccc2)C1)NCc1ccc(F)cc1. The number of halogens is 1. The minimum atomic E-state index is -3.52. The molecule has 1 amide bonds. The van der Waals surface area contributed by atoms with E-state index in [-0.39, 0.29) is 29.0 Å². The number of piperidine rings is 1. The number of amides is 1. The second kappa shape index (κ2) is 8.63. The van der Waals surface area contributed by atoms with E-state index in [2.05, 4.69) is 5.32 Å². The second-order valence-corrected chi connectivity index (χ2v) is 8.73. The number of benzene rings is 2. The molecule has 1 heterocycles. The maximum atomic E-state index is 12.9. The van der Waals surface area contributed by atoms with E-state index in [4.69, 9.17) is 0 Å². The molecule has 0 aromatic heterocycles. The molecule has 1 aliphatic heterocycles. The Hall–Kier alpha value is -2.25. The van der Waals surface area contributed by atoms with E-state index >= 15 is 0 Å². The molecule has 0 aliphatic carbocycles. The van der Waals surface area contributed by atoms with E-state index in [0.29, 0.717) is 19.6 Å². The third-order valence-electron chi connectivity index (χ3n) is 4.74. The zero-order chi connectivity index (χ0) is 19.3. The number of sulfonamides is 1. The van der Waals surface area contributed by atoms with E-state index in [0.717, 1.165) is 18.4 Å². The van der Waals surface area contributed by atoms with Crippen molar-refractivity contribution in [1.82, 2.24) is 9.62 Å². The average molecular weight is 390 g/mol. The van der Waals surface area contributed by atoms with Gasteiger partial charge < -0.3 is 5.32 Å². The molecular formula is C20H23FN2O3S. The van der Waals surface area contributed by atoms with Crippen LogP contribution in [0.2, 0.25) is 0 Å². The Bertz CT molecular complexity index is 870. The first-order chi connectivity index (χ1) is 12.9. The van der Waals surface area contributed by atoms with Crippen LogP contribution in [0, 0.1) is 11.7 Å². The molecule has 1 N–H and O–H groups in total. The van der Waals surface area contributed by atoms with E-state index < -0.39 is 10.0 Å². The first-order valence-electron chi connectivity index (χ1n) is 9.01. The maximum Gasteiger partial charge on any atom is 0.243 e. The van der Waals surface area contributed by atoms with Gasteiger partial charge in [0.1, 0.15) is 5.82 Å². The number of nitrogens with zero attached hydrogens (tertiary/aromatic N) is 1. The summed E-state index contributed by atoms with van der Waals surface area (Å²) in [4.78, 5) is 12.5. The summed E-state index contributed by atoms with van der Waals surface area (Å²) in [5, 5.41) is 2.82. The van der Waals surface area contributed by atoms with Crippen molar-refractivity contribution in [3.63, 3.8) is 0 Å². The van der Waals surface area contributed by atoms with Crippen molar-refractivity contribution in [2.75, 3.05) is 13.1 Å². The molecule has 0 bridgehead atoms. The highest BCUT2D eigenvalue weighted by molar-refractivity contribution is 7.89. The van der Waals surface area contributed by atoms with Crippen molar-refractivity contribution in [3.8, 4) is 0 Å². The van der Waals surface area contributed by atoms with E-state index in [1.165, 1.54) is 16.4 Å². The van der Waals surface area contributed by atoms with E-state index in [1.807, 2.05) is 0 Å². The lowest BCUT2D eigenvalue weighted by atomic mass is 9.96. The van der Waals surface area contributed by atoms with Crippen LogP contribution in [0.1, 0.15) is 24.8 Å². The summed E-state index contributed by atoms with van der Waals surface area (Å²) < 4.78 is 39.9. The second-order valence-electron chi connectivity index (χ2n) is 6.79. The van der Waals surface area contributed by atoms with Gasteiger partial charge in [0.05, 0.1) is 4.90 Å². The summed E-state index contributed by atoms with van der Waals surface area (Å²) in [5.74, 6) is -0.444. The first-order valence-corrected chi connectivity index (χ1v) is 10.5. The van der Waals surface area contributed by atoms with Crippen LogP contribution in [-0.2, 0) is 21.4 Å². The Morgan fingerprint density at radius 3 is 2.52 bits per heavy atom. The third-order valence-corrected chi connectivity index (χ3v) is 6.62. The van der Waals surface area contributed by atoms with Gasteiger partial charge in [-0.25, -0.2) is 12.8 Å². The van der Waals surface area contributed by atoms with E-state index in [9.17, 15) is 17.6 Å². The third kappa shape index (κ3) is 5.14. The summed E-state index contributed by atoms with van der Waals surface area (Å²) in [6.07, 6.45) is 1.84. The monoisotopic (exact) mass is 390 g/mol. The molecule has 0 radical (unpaired) electrons. The van der Waals surface area contributed by atoms with Gasteiger partial charge in [-0.2, -0.15) is 4.31 Å². The molecule has 27 heavy (non-hydrogen) atoms. The molecule has 0 spiro atoms. The summed E-state index contributed by atoms with van der Waals surface area (Å²) >= 11 is 0. The normalized spacial score (nSPS) is 18.2. The van der Waals surface area contributed by atoms with Crippen molar-refractivity contribution in [2.45, 2.75) is 30.7 Å². The van der Waals surface area contributed by atoms with Crippen LogP contribution in [0.5, 0.6) is 0 Å². The molecule has 5 nitrogen and oxygen atoms in total. The zero-order valence-electron chi connectivity index (χ0n) is 15.0. The molecule has 2 aromatic rings. The molecule has 1 saturated heterocycles. The molecule has 7 heteroatoms. The predicted octanol–water partition coefficient (Wildman–Crippen LogP) is 2.93. The predicted molar refractivity (Wildman–Crippen MR) is 101 cm³/mol. The number of nitrogens with one attached hydrogen (secondary N) is 1. The molecular weight excluding hydrogens is 367 g/mol. The lowest BCUT2D eigenvalue weighted by Gasteiger charge is -2.31. The highest BCUT2D eigenvalue weighted by atomic mass is 32.2. The Morgan fingerprint density at radius 2 is 1.81 bits per heavy atom. The van der Waals surface area contributed by atoms with Crippen molar-refractivity contribution in [3.05, 3.63) is 66.0 Å². The molecule has 1 aliphatic rings. The minimum Gasteiger partial charge on any atom is -0.352 e. The largest absolute Gasteiger partial charge is 0.352 e. The fraction of sp³-hybridized carbons (Fsp3) is 0.350. The van der Waals surface area contributed by atoms with Gasteiger partial charge in [-0.05, 0) is 48.6 Å². The van der Waals surface area contributed by atoms with Crippen LogP contribution in [0.3, 0.4) is 0 Å². The lowest BCUT2D eigenvalue weighted by molar-refractivity contribution is -0.122. The molecule has 3 rings (SSSR count). The van der Waals surface area contributed by atoms with Gasteiger partial charge in [-0.15, -0.1) is 0 Å². The molecule has 144 valence electrons. The zero-order valence-corrected chi connectivity index (χ0v) is 15.8. The smallest absolute Gasteiger partial charge is 0.243 e. The fourth-order valence-electron chi connectivity index (χ4n) is 3.29.